The summed E-state index contributed by atoms with van der Waals surface area (Å²) in [6.45, 7) is 0. The lowest BCUT2D eigenvalue weighted by Gasteiger charge is -2.16. The molecule has 2 heterocycles. The average molecular weight is 522 g/mol. The van der Waals surface area contributed by atoms with Crippen molar-refractivity contribution >= 4 is 65.2 Å². The first-order valence-electron chi connectivity index (χ1n) is 14.0. The highest BCUT2D eigenvalue weighted by Crippen LogP contribution is 2.43. The molecule has 2 nitrogen and oxygen atoms in total. The van der Waals surface area contributed by atoms with Gasteiger partial charge in [0.25, 0.3) is 0 Å². The fourth-order valence-corrected chi connectivity index (χ4v) is 6.62. The molecule has 0 radical (unpaired) electrons. The maximum atomic E-state index is 6.34. The summed E-state index contributed by atoms with van der Waals surface area (Å²) in [7, 11) is 0. The van der Waals surface area contributed by atoms with Crippen LogP contribution in [-0.2, 0) is 0 Å². The number of rotatable bonds is 2. The molecule has 190 valence electrons. The molecule has 2 heteroatoms. The molecule has 0 saturated carbocycles. The van der Waals surface area contributed by atoms with Gasteiger partial charge in [0.2, 0.25) is 0 Å². The second-order valence-corrected chi connectivity index (χ2v) is 10.7. The Morgan fingerprint density at radius 1 is 0.390 bits per heavy atom. The Bertz CT molecular complexity index is 2470. The van der Waals surface area contributed by atoms with Gasteiger partial charge >= 0.3 is 0 Å². The zero-order chi connectivity index (χ0) is 26.9. The molecule has 2 aromatic heterocycles. The molecule has 0 fully saturated rings. The summed E-state index contributed by atoms with van der Waals surface area (Å²) >= 11 is 0. The van der Waals surface area contributed by atoms with Crippen molar-refractivity contribution in [2.45, 2.75) is 0 Å². The van der Waals surface area contributed by atoms with E-state index in [1.165, 1.54) is 37.7 Å². The largest absolute Gasteiger partial charge is 0.455 e. The van der Waals surface area contributed by atoms with Crippen LogP contribution in [0.5, 0.6) is 0 Å². The molecule has 0 aliphatic carbocycles. The van der Waals surface area contributed by atoms with E-state index in [-0.39, 0.29) is 0 Å². The third kappa shape index (κ3) is 3.22. The van der Waals surface area contributed by atoms with Gasteiger partial charge < -0.3 is 4.42 Å². The van der Waals surface area contributed by atoms with Crippen LogP contribution in [0.1, 0.15) is 0 Å². The summed E-state index contributed by atoms with van der Waals surface area (Å²) in [6.07, 6.45) is 0. The summed E-state index contributed by atoms with van der Waals surface area (Å²) in [6, 6.07) is 49.4. The Kier molecular flexibility index (Phi) is 4.64. The van der Waals surface area contributed by atoms with Gasteiger partial charge in [-0.2, -0.15) is 0 Å². The van der Waals surface area contributed by atoms with Gasteiger partial charge in [-0.25, -0.2) is 4.98 Å². The van der Waals surface area contributed by atoms with E-state index in [1.807, 2.05) is 12.1 Å². The predicted octanol–water partition coefficient (Wildman–Crippen LogP) is 10.9. The van der Waals surface area contributed by atoms with Crippen LogP contribution >= 0.6 is 0 Å². The van der Waals surface area contributed by atoms with Gasteiger partial charge in [-0.3, -0.25) is 0 Å². The number of aromatic nitrogens is 1. The molecule has 0 aliphatic rings. The molecule has 9 aromatic rings. The maximum absolute atomic E-state index is 6.34. The molecular weight excluding hydrogens is 498 g/mol. The number of furan rings is 1. The minimum Gasteiger partial charge on any atom is -0.455 e. The molecule has 0 saturated heterocycles. The van der Waals surface area contributed by atoms with Crippen molar-refractivity contribution in [3.63, 3.8) is 0 Å². The van der Waals surface area contributed by atoms with Crippen LogP contribution in [0.3, 0.4) is 0 Å². The summed E-state index contributed by atoms with van der Waals surface area (Å²) in [5.74, 6) is 0. The van der Waals surface area contributed by atoms with Crippen molar-refractivity contribution in [1.29, 1.82) is 0 Å². The Morgan fingerprint density at radius 2 is 0.951 bits per heavy atom. The first-order chi connectivity index (χ1) is 20.3. The topological polar surface area (TPSA) is 26.0 Å². The molecule has 0 amide bonds. The van der Waals surface area contributed by atoms with E-state index in [9.17, 15) is 0 Å². The van der Waals surface area contributed by atoms with Gasteiger partial charge in [-0.15, -0.1) is 0 Å². The lowest BCUT2D eigenvalue weighted by atomic mass is 9.89. The standard InChI is InChI=1S/C39H23NO/c1-3-13-30-27(10-1)28-11-2-4-14-31(28)37-36(30)33-15-5-7-18-34(33)40-38(37)25-22-20-24(21-23-25)26-16-9-17-32-29-12-6-8-19-35(29)41-39(26)32/h1-23H. The van der Waals surface area contributed by atoms with E-state index in [0.717, 1.165) is 49.8 Å². The lowest BCUT2D eigenvalue weighted by Crippen LogP contribution is -1.93. The summed E-state index contributed by atoms with van der Waals surface area (Å²) in [4.78, 5) is 5.29. The minimum absolute atomic E-state index is 0.914. The van der Waals surface area contributed by atoms with Crippen molar-refractivity contribution in [2.24, 2.45) is 0 Å². The molecule has 0 aliphatic heterocycles. The van der Waals surface area contributed by atoms with E-state index >= 15 is 0 Å². The van der Waals surface area contributed by atoms with E-state index in [1.54, 1.807) is 0 Å². The molecule has 0 unspecified atom stereocenters. The van der Waals surface area contributed by atoms with Crippen LogP contribution in [-0.4, -0.2) is 4.98 Å². The Morgan fingerprint density at radius 3 is 1.71 bits per heavy atom. The Labute approximate surface area is 236 Å². The van der Waals surface area contributed by atoms with Gasteiger partial charge in [0.15, 0.2) is 0 Å². The first kappa shape index (κ1) is 22.4. The van der Waals surface area contributed by atoms with Crippen LogP contribution in [0.2, 0.25) is 0 Å². The first-order valence-corrected chi connectivity index (χ1v) is 14.0. The van der Waals surface area contributed by atoms with Crippen LogP contribution in [0.15, 0.2) is 144 Å². The van der Waals surface area contributed by atoms with Crippen molar-refractivity contribution in [1.82, 2.24) is 4.98 Å². The van der Waals surface area contributed by atoms with Crippen molar-refractivity contribution in [3.05, 3.63) is 140 Å². The van der Waals surface area contributed by atoms with Gasteiger partial charge in [-0.1, -0.05) is 127 Å². The highest BCUT2D eigenvalue weighted by molar-refractivity contribution is 6.33. The summed E-state index contributed by atoms with van der Waals surface area (Å²) in [5, 5.41) is 10.9. The molecule has 0 atom stereocenters. The highest BCUT2D eigenvalue weighted by atomic mass is 16.3. The molecule has 0 spiro atoms. The Balaban J connectivity index is 1.33. The van der Waals surface area contributed by atoms with Gasteiger partial charge in [0, 0.05) is 38.1 Å². The van der Waals surface area contributed by atoms with E-state index < -0.39 is 0 Å². The SMILES string of the molecule is c1ccc2c(c1)nc(-c1ccc(-c3cccc4c3oc3ccccc34)cc1)c1c3ccccc3c3ccccc3c21. The minimum atomic E-state index is 0.914. The fraction of sp³-hybridized carbons (Fsp3) is 0. The number of hydrogen-bond donors (Lipinski definition) is 0. The second kappa shape index (κ2) is 8.51. The zero-order valence-electron chi connectivity index (χ0n) is 22.1. The smallest absolute Gasteiger partial charge is 0.143 e. The van der Waals surface area contributed by atoms with E-state index in [2.05, 4.69) is 127 Å². The fourth-order valence-electron chi connectivity index (χ4n) is 6.62. The van der Waals surface area contributed by atoms with Gasteiger partial charge in [0.1, 0.15) is 11.2 Å². The van der Waals surface area contributed by atoms with Gasteiger partial charge in [0.05, 0.1) is 11.2 Å². The molecule has 0 N–H and O–H groups in total. The molecule has 7 aromatic carbocycles. The quantitative estimate of drug-likeness (QED) is 0.211. The average Bonchev–Trinajstić information content (AvgIpc) is 3.43. The molecule has 41 heavy (non-hydrogen) atoms. The van der Waals surface area contributed by atoms with Crippen LogP contribution in [0.4, 0.5) is 0 Å². The van der Waals surface area contributed by atoms with E-state index in [4.69, 9.17) is 9.40 Å². The van der Waals surface area contributed by atoms with Crippen molar-refractivity contribution < 1.29 is 4.42 Å². The number of nitrogens with zero attached hydrogens (tertiary/aromatic N) is 1. The predicted molar refractivity (Wildman–Crippen MR) is 172 cm³/mol. The number of pyridine rings is 1. The lowest BCUT2D eigenvalue weighted by molar-refractivity contribution is 0.670. The van der Waals surface area contributed by atoms with Crippen LogP contribution < -0.4 is 0 Å². The van der Waals surface area contributed by atoms with Gasteiger partial charge in [-0.05, 0) is 39.2 Å². The third-order valence-electron chi connectivity index (χ3n) is 8.45. The zero-order valence-corrected chi connectivity index (χ0v) is 22.1. The maximum Gasteiger partial charge on any atom is 0.143 e. The number of para-hydroxylation sites is 3. The van der Waals surface area contributed by atoms with Crippen LogP contribution in [0, 0.1) is 0 Å². The number of benzene rings is 7. The molecule has 0 bridgehead atoms. The second-order valence-electron chi connectivity index (χ2n) is 10.7. The molecular formula is C39H23NO. The third-order valence-corrected chi connectivity index (χ3v) is 8.45. The summed E-state index contributed by atoms with van der Waals surface area (Å²) < 4.78 is 6.34. The highest BCUT2D eigenvalue weighted by Gasteiger charge is 2.18. The number of fused-ring (bicyclic) bond motifs is 11. The van der Waals surface area contributed by atoms with Crippen molar-refractivity contribution in [3.8, 4) is 22.4 Å². The molecule has 9 rings (SSSR count). The monoisotopic (exact) mass is 521 g/mol. The normalized spacial score (nSPS) is 11.9. The Hall–Kier alpha value is -5.47. The van der Waals surface area contributed by atoms with E-state index in [0.29, 0.717) is 0 Å². The number of hydrogen-bond acceptors (Lipinski definition) is 2. The summed E-state index contributed by atoms with van der Waals surface area (Å²) in [5.41, 5.74) is 7.17. The van der Waals surface area contributed by atoms with Crippen molar-refractivity contribution in [2.75, 3.05) is 0 Å². The van der Waals surface area contributed by atoms with Crippen LogP contribution in [0.25, 0.3) is 87.5 Å².